The molecule has 0 amide bonds. The van der Waals surface area contributed by atoms with Crippen LogP contribution in [0.15, 0.2) is 77.7 Å². The summed E-state index contributed by atoms with van der Waals surface area (Å²) in [5, 5.41) is 20.0. The molecule has 2 aliphatic heterocycles. The zero-order valence-electron chi connectivity index (χ0n) is 19.9. The van der Waals surface area contributed by atoms with Crippen LogP contribution in [0.3, 0.4) is 0 Å². The Morgan fingerprint density at radius 3 is 2.37 bits per heavy atom. The number of benzene rings is 3. The Hall–Kier alpha value is -2.71. The molecule has 6 nitrogen and oxygen atoms in total. The molecule has 3 aromatic rings. The Labute approximate surface area is 207 Å². The SMILES string of the molecule is Cc1ccccc1S(=O)(=O)N1CCCCN2C(C1)[C@H](c1ccc(-c3cccc(O)c3)cc1)[C@H]2CO. The van der Waals surface area contributed by atoms with Gasteiger partial charge in [-0.15, -0.1) is 0 Å². The summed E-state index contributed by atoms with van der Waals surface area (Å²) in [5.41, 5.74) is 3.80. The smallest absolute Gasteiger partial charge is 0.243 e. The predicted octanol–water partition coefficient (Wildman–Crippen LogP) is 3.98. The summed E-state index contributed by atoms with van der Waals surface area (Å²) in [6, 6.07) is 22.5. The molecule has 7 heteroatoms. The maximum absolute atomic E-state index is 13.6. The van der Waals surface area contributed by atoms with Crippen LogP contribution in [0.2, 0.25) is 0 Å². The van der Waals surface area contributed by atoms with Gasteiger partial charge in [-0.3, -0.25) is 4.90 Å². The highest BCUT2D eigenvalue weighted by Gasteiger charge is 2.50. The van der Waals surface area contributed by atoms with E-state index in [9.17, 15) is 18.6 Å². The maximum Gasteiger partial charge on any atom is 0.243 e. The molecule has 184 valence electrons. The molecule has 0 bridgehead atoms. The van der Waals surface area contributed by atoms with Crippen LogP contribution in [-0.2, 0) is 10.0 Å². The van der Waals surface area contributed by atoms with E-state index in [1.807, 2.05) is 43.3 Å². The molecule has 0 spiro atoms. The Bertz CT molecular complexity index is 1290. The average molecular weight is 493 g/mol. The lowest BCUT2D eigenvalue weighted by Crippen LogP contribution is -2.67. The lowest BCUT2D eigenvalue weighted by Gasteiger charge is -2.57. The second kappa shape index (κ2) is 9.74. The van der Waals surface area contributed by atoms with E-state index in [0.717, 1.165) is 41.6 Å². The second-order valence-electron chi connectivity index (χ2n) is 9.59. The first kappa shape index (κ1) is 24.0. The van der Waals surface area contributed by atoms with Crippen molar-refractivity contribution in [2.75, 3.05) is 26.2 Å². The van der Waals surface area contributed by atoms with Gasteiger partial charge in [-0.1, -0.05) is 54.6 Å². The van der Waals surface area contributed by atoms with Crippen LogP contribution in [0.5, 0.6) is 5.75 Å². The van der Waals surface area contributed by atoms with Crippen molar-refractivity contribution in [3.8, 4) is 16.9 Å². The highest BCUT2D eigenvalue weighted by Crippen LogP contribution is 2.43. The summed E-state index contributed by atoms with van der Waals surface area (Å²) >= 11 is 0. The third-order valence-corrected chi connectivity index (χ3v) is 9.54. The number of fused-ring (bicyclic) bond motifs is 1. The van der Waals surface area contributed by atoms with Gasteiger partial charge in [-0.2, -0.15) is 4.31 Å². The van der Waals surface area contributed by atoms with Crippen molar-refractivity contribution in [2.24, 2.45) is 0 Å². The van der Waals surface area contributed by atoms with Crippen molar-refractivity contribution in [2.45, 2.75) is 42.7 Å². The monoisotopic (exact) mass is 492 g/mol. The van der Waals surface area contributed by atoms with Gasteiger partial charge in [0.25, 0.3) is 0 Å². The van der Waals surface area contributed by atoms with Gasteiger partial charge in [0.05, 0.1) is 11.5 Å². The number of aliphatic hydroxyl groups excluding tert-OH is 1. The molecule has 1 unspecified atom stereocenters. The highest BCUT2D eigenvalue weighted by atomic mass is 32.2. The largest absolute Gasteiger partial charge is 0.508 e. The Kier molecular flexibility index (Phi) is 6.68. The number of aliphatic hydroxyl groups is 1. The van der Waals surface area contributed by atoms with E-state index in [1.165, 1.54) is 0 Å². The van der Waals surface area contributed by atoms with Crippen LogP contribution in [-0.4, -0.2) is 66.2 Å². The van der Waals surface area contributed by atoms with E-state index in [1.54, 1.807) is 28.6 Å². The molecule has 0 radical (unpaired) electrons. The van der Waals surface area contributed by atoms with Gasteiger partial charge in [0.2, 0.25) is 10.0 Å². The van der Waals surface area contributed by atoms with Crippen molar-refractivity contribution in [1.82, 2.24) is 9.21 Å². The predicted molar refractivity (Wildman–Crippen MR) is 137 cm³/mol. The number of aryl methyl sites for hydroxylation is 1. The van der Waals surface area contributed by atoms with Gasteiger partial charge >= 0.3 is 0 Å². The Morgan fingerprint density at radius 2 is 1.66 bits per heavy atom. The maximum atomic E-state index is 13.6. The number of hydrogen-bond acceptors (Lipinski definition) is 5. The first-order valence-corrected chi connectivity index (χ1v) is 13.7. The molecule has 0 saturated carbocycles. The third kappa shape index (κ3) is 4.49. The van der Waals surface area contributed by atoms with Crippen molar-refractivity contribution in [3.63, 3.8) is 0 Å². The minimum Gasteiger partial charge on any atom is -0.508 e. The van der Waals surface area contributed by atoms with Gasteiger partial charge in [0.15, 0.2) is 0 Å². The molecule has 2 fully saturated rings. The molecule has 2 saturated heterocycles. The normalized spacial score (nSPS) is 23.7. The Balaban J connectivity index is 1.43. The number of phenolic OH excluding ortho intramolecular Hbond substituents is 1. The van der Waals surface area contributed by atoms with Gasteiger partial charge in [-0.05, 0) is 66.8 Å². The van der Waals surface area contributed by atoms with E-state index in [4.69, 9.17) is 0 Å². The lowest BCUT2D eigenvalue weighted by atomic mass is 9.74. The van der Waals surface area contributed by atoms with Gasteiger partial charge in [0, 0.05) is 31.1 Å². The molecule has 35 heavy (non-hydrogen) atoms. The molecule has 0 aromatic heterocycles. The number of sulfonamides is 1. The molecule has 5 rings (SSSR count). The fourth-order valence-electron chi connectivity index (χ4n) is 5.70. The minimum absolute atomic E-state index is 0.0119. The number of phenols is 1. The van der Waals surface area contributed by atoms with Crippen molar-refractivity contribution in [3.05, 3.63) is 83.9 Å². The zero-order valence-corrected chi connectivity index (χ0v) is 20.7. The molecule has 2 aliphatic rings. The Morgan fingerprint density at radius 1 is 0.914 bits per heavy atom. The second-order valence-corrected chi connectivity index (χ2v) is 11.5. The average Bonchev–Trinajstić information content (AvgIpc) is 2.83. The summed E-state index contributed by atoms with van der Waals surface area (Å²) in [6.45, 7) is 3.66. The van der Waals surface area contributed by atoms with Gasteiger partial charge < -0.3 is 10.2 Å². The van der Waals surface area contributed by atoms with Crippen LogP contribution in [0, 0.1) is 6.92 Å². The number of rotatable bonds is 5. The topological polar surface area (TPSA) is 81.1 Å². The molecular formula is C28H32N2O4S. The molecule has 3 aromatic carbocycles. The van der Waals surface area contributed by atoms with Crippen molar-refractivity contribution >= 4 is 10.0 Å². The van der Waals surface area contributed by atoms with E-state index in [2.05, 4.69) is 17.0 Å². The summed E-state index contributed by atoms with van der Waals surface area (Å²) < 4.78 is 28.9. The summed E-state index contributed by atoms with van der Waals surface area (Å²) in [6.07, 6.45) is 1.70. The molecular weight excluding hydrogens is 460 g/mol. The van der Waals surface area contributed by atoms with Gasteiger partial charge in [-0.25, -0.2) is 8.42 Å². The quantitative estimate of drug-likeness (QED) is 0.563. The summed E-state index contributed by atoms with van der Waals surface area (Å²) in [7, 11) is -3.61. The van der Waals surface area contributed by atoms with E-state index in [0.29, 0.717) is 18.0 Å². The van der Waals surface area contributed by atoms with Crippen molar-refractivity contribution in [1.29, 1.82) is 0 Å². The highest BCUT2D eigenvalue weighted by molar-refractivity contribution is 7.89. The van der Waals surface area contributed by atoms with Crippen LogP contribution >= 0.6 is 0 Å². The van der Waals surface area contributed by atoms with Crippen LogP contribution in [0.1, 0.15) is 29.9 Å². The number of hydrogen-bond donors (Lipinski definition) is 2. The van der Waals surface area contributed by atoms with Crippen LogP contribution in [0.25, 0.3) is 11.1 Å². The summed E-state index contributed by atoms with van der Waals surface area (Å²) in [4.78, 5) is 2.66. The summed E-state index contributed by atoms with van der Waals surface area (Å²) in [5.74, 6) is 0.275. The zero-order chi connectivity index (χ0) is 24.6. The number of aromatic hydroxyl groups is 1. The van der Waals surface area contributed by atoms with Gasteiger partial charge in [0.1, 0.15) is 5.75 Å². The van der Waals surface area contributed by atoms with Crippen LogP contribution in [0.4, 0.5) is 0 Å². The van der Waals surface area contributed by atoms with E-state index < -0.39 is 10.0 Å². The minimum atomic E-state index is -3.61. The lowest BCUT2D eigenvalue weighted by molar-refractivity contribution is -0.0553. The number of nitrogens with zero attached hydrogens (tertiary/aromatic N) is 2. The first-order valence-electron chi connectivity index (χ1n) is 12.2. The van der Waals surface area contributed by atoms with Crippen LogP contribution < -0.4 is 0 Å². The first-order chi connectivity index (χ1) is 16.9. The standard InChI is InChI=1S/C28H32N2O4S/c1-20-7-2-3-10-27(20)35(33,34)29-15-4-5-16-30-25(18-29)28(26(30)19-31)22-13-11-21(12-14-22)23-8-6-9-24(32)17-23/h2-3,6-14,17,25-26,28,31-32H,4-5,15-16,18-19H2,1H3/t25?,26-,28+/m1/s1. The van der Waals surface area contributed by atoms with Crippen molar-refractivity contribution < 1.29 is 18.6 Å². The molecule has 0 aliphatic carbocycles. The molecule has 3 atom stereocenters. The molecule has 2 N–H and O–H groups in total. The van der Waals surface area contributed by atoms with E-state index in [-0.39, 0.29) is 30.4 Å². The van der Waals surface area contributed by atoms with E-state index >= 15 is 0 Å². The molecule has 2 heterocycles. The fraction of sp³-hybridized carbons (Fsp3) is 0.357. The third-order valence-electron chi connectivity index (χ3n) is 7.52. The fourth-order valence-corrected chi connectivity index (χ4v) is 7.42.